The molecule has 0 unspecified atom stereocenters. The molecule has 4 nitrogen and oxygen atoms in total. The van der Waals surface area contributed by atoms with Gasteiger partial charge in [0.05, 0.1) is 0 Å². The quantitative estimate of drug-likeness (QED) is 0.377. The van der Waals surface area contributed by atoms with Gasteiger partial charge in [-0.05, 0) is 0 Å². The van der Waals surface area contributed by atoms with Crippen molar-refractivity contribution < 1.29 is 31.8 Å². The zero-order chi connectivity index (χ0) is 4.28. The van der Waals surface area contributed by atoms with E-state index in [1.807, 2.05) is 0 Å². The number of hydrogen-bond donors (Lipinski definition) is 1. The van der Waals surface area contributed by atoms with Crippen LogP contribution in [-0.4, -0.2) is 5.26 Å². The maximum atomic E-state index is 9.01. The minimum atomic E-state index is -3.65. The van der Waals surface area contributed by atoms with Crippen LogP contribution >= 0.6 is 0 Å². The molecule has 0 saturated heterocycles. The summed E-state index contributed by atoms with van der Waals surface area (Å²) < 4.78 is 20.8. The predicted molar refractivity (Wildman–Crippen MR) is 5.09 cm³/mol. The van der Waals surface area contributed by atoms with E-state index in [-0.39, 0.29) is 0 Å². The van der Waals surface area contributed by atoms with Gasteiger partial charge in [-0.2, -0.15) is 0 Å². The molecule has 0 aromatic rings. The Morgan fingerprint density at radius 1 is 1.60 bits per heavy atom. The number of hydrogen-bond acceptors (Lipinski definition) is 4. The fraction of sp³-hybridized carbons (Fsp3) is 0. The Hall–Kier alpha value is 0.104. The summed E-state index contributed by atoms with van der Waals surface area (Å²) in [7, 11) is 0. The van der Waals surface area contributed by atoms with Crippen LogP contribution < -0.4 is 0 Å². The van der Waals surface area contributed by atoms with Crippen LogP contribution in [0.4, 0.5) is 0 Å². The zero-order valence-corrected chi connectivity index (χ0v) is 3.52. The van der Waals surface area contributed by atoms with E-state index in [9.17, 15) is 0 Å². The summed E-state index contributed by atoms with van der Waals surface area (Å²) in [5.74, 6) is 0. The third-order valence-corrected chi connectivity index (χ3v) is 0.275. The Bertz CT molecular complexity index is 61.7. The van der Waals surface area contributed by atoms with Gasteiger partial charge < -0.3 is 0 Å². The molecule has 0 aromatic carbocycles. The van der Waals surface area contributed by atoms with Crippen molar-refractivity contribution in [3.63, 3.8) is 0 Å². The molecule has 0 rings (SSSR count). The van der Waals surface area contributed by atoms with Crippen molar-refractivity contribution >= 4 is 0 Å². The van der Waals surface area contributed by atoms with Crippen LogP contribution in [0.15, 0.2) is 0 Å². The molecule has 1 N–H and O–H groups in total. The maximum absolute atomic E-state index is 9.01. The second-order valence-electron chi connectivity index (χ2n) is 0.305. The second-order valence-corrected chi connectivity index (χ2v) is 1.26. The summed E-state index contributed by atoms with van der Waals surface area (Å²) in [5, 5.41) is 7.08. The monoisotopic (exact) mass is 116 g/mol. The van der Waals surface area contributed by atoms with E-state index in [1.165, 1.54) is 0 Å². The van der Waals surface area contributed by atoms with Crippen molar-refractivity contribution in [3.8, 4) is 0 Å². The van der Waals surface area contributed by atoms with Gasteiger partial charge in [0.2, 0.25) is 0 Å². The predicted octanol–water partition coefficient (Wildman–Crippen LogP) is -0.300. The fourth-order valence-electron chi connectivity index (χ4n) is 0. The Morgan fingerprint density at radius 3 is 1.80 bits per heavy atom. The average Bonchev–Trinajstić information content (AvgIpc) is 1.38. The van der Waals surface area contributed by atoms with Gasteiger partial charge in [0.25, 0.3) is 0 Å². The standard InChI is InChI=1S/H2O2.2O.V/c1-2;;;/h1-2H;;;/q;;;+1/p-1. The van der Waals surface area contributed by atoms with Gasteiger partial charge in [0.15, 0.2) is 0 Å². The first-order valence-electron chi connectivity index (χ1n) is 0.730. The van der Waals surface area contributed by atoms with E-state index >= 15 is 0 Å². The molecule has 0 aromatic heterocycles. The molecule has 30 valence electrons. The van der Waals surface area contributed by atoms with E-state index in [4.69, 9.17) is 12.6 Å². The molecular formula is HO4V. The van der Waals surface area contributed by atoms with Crippen LogP contribution in [0.1, 0.15) is 0 Å². The van der Waals surface area contributed by atoms with E-state index in [0.717, 1.165) is 0 Å². The van der Waals surface area contributed by atoms with Gasteiger partial charge in [-0.25, -0.2) is 0 Å². The van der Waals surface area contributed by atoms with Crippen molar-refractivity contribution in [2.75, 3.05) is 0 Å². The third-order valence-electron chi connectivity index (χ3n) is 0.0667. The van der Waals surface area contributed by atoms with Crippen molar-refractivity contribution in [3.05, 3.63) is 0 Å². The van der Waals surface area contributed by atoms with Crippen LogP contribution in [0.2, 0.25) is 0 Å². The molecule has 0 saturated carbocycles. The van der Waals surface area contributed by atoms with Gasteiger partial charge in [-0.3, -0.25) is 0 Å². The molecule has 5 heteroatoms. The topological polar surface area (TPSA) is 63.6 Å². The molecule has 5 heavy (non-hydrogen) atoms. The average molecular weight is 116 g/mol. The van der Waals surface area contributed by atoms with E-state index in [1.54, 1.807) is 0 Å². The molecular weight excluding hydrogens is 115 g/mol. The zero-order valence-electron chi connectivity index (χ0n) is 2.12. The first kappa shape index (κ1) is 5.10. The van der Waals surface area contributed by atoms with Gasteiger partial charge in [0.1, 0.15) is 0 Å². The summed E-state index contributed by atoms with van der Waals surface area (Å²) in [4.78, 5) is 0. The molecule has 0 bridgehead atoms. The van der Waals surface area contributed by atoms with Crippen LogP contribution in [0.5, 0.6) is 0 Å². The van der Waals surface area contributed by atoms with E-state index < -0.39 is 15.4 Å². The molecule has 0 fully saturated rings. The first-order chi connectivity index (χ1) is 2.27. The summed E-state index contributed by atoms with van der Waals surface area (Å²) in [6, 6.07) is 0. The molecule has 0 amide bonds. The Balaban J connectivity index is 3.23. The van der Waals surface area contributed by atoms with Crippen LogP contribution in [0, 0.1) is 0 Å². The first-order valence-corrected chi connectivity index (χ1v) is 2.44. The summed E-state index contributed by atoms with van der Waals surface area (Å²) in [5.41, 5.74) is 0. The molecule has 0 heterocycles. The van der Waals surface area contributed by atoms with Gasteiger partial charge in [0, 0.05) is 0 Å². The van der Waals surface area contributed by atoms with Crippen molar-refractivity contribution in [1.29, 1.82) is 0 Å². The Labute approximate surface area is 32.7 Å². The molecule has 0 spiro atoms. The number of rotatable bonds is 1. The normalized spacial score (nSPS) is 7.40. The van der Waals surface area contributed by atoms with Gasteiger partial charge in [-0.15, -0.1) is 0 Å². The van der Waals surface area contributed by atoms with Gasteiger partial charge >= 0.3 is 31.8 Å². The van der Waals surface area contributed by atoms with E-state index in [0.29, 0.717) is 0 Å². The van der Waals surface area contributed by atoms with Crippen LogP contribution in [0.25, 0.3) is 0 Å². The Morgan fingerprint density at radius 2 is 1.80 bits per heavy atom. The minimum absolute atomic E-state index is 2.78. The third kappa shape index (κ3) is 4.10. The van der Waals surface area contributed by atoms with Gasteiger partial charge in [-0.1, -0.05) is 0 Å². The fourth-order valence-corrected chi connectivity index (χ4v) is 0. The van der Waals surface area contributed by atoms with E-state index in [2.05, 4.69) is 3.81 Å². The molecule has 0 aliphatic carbocycles. The van der Waals surface area contributed by atoms with Crippen molar-refractivity contribution in [2.24, 2.45) is 0 Å². The molecule has 0 aliphatic rings. The van der Waals surface area contributed by atoms with Crippen LogP contribution in [-0.2, 0) is 26.6 Å². The summed E-state index contributed by atoms with van der Waals surface area (Å²) in [6.07, 6.45) is 0. The van der Waals surface area contributed by atoms with Crippen LogP contribution in [0.3, 0.4) is 0 Å². The van der Waals surface area contributed by atoms with Crippen molar-refractivity contribution in [2.45, 2.75) is 0 Å². The second kappa shape index (κ2) is 2.35. The molecule has 0 atom stereocenters. The molecule has 0 radical (unpaired) electrons. The Kier molecular flexibility index (Phi) is 2.40. The molecule has 0 aliphatic heterocycles. The summed E-state index contributed by atoms with van der Waals surface area (Å²) in [6.45, 7) is 0. The summed E-state index contributed by atoms with van der Waals surface area (Å²) >= 11 is -3.65. The SMILES string of the molecule is [O]=[V](=[O])[O]O. The van der Waals surface area contributed by atoms with Crippen molar-refractivity contribution in [1.82, 2.24) is 0 Å².